The minimum atomic E-state index is -1.07. The van der Waals surface area contributed by atoms with E-state index in [-0.39, 0.29) is 43.1 Å². The minimum Gasteiger partial charge on any atom is -0.464 e. The number of hydrazine groups is 1. The summed E-state index contributed by atoms with van der Waals surface area (Å²) in [4.78, 5) is 81.7. The van der Waals surface area contributed by atoms with Gasteiger partial charge >= 0.3 is 5.97 Å². The number of carbonyl (C=O) groups is 5. The number of ether oxygens (including phenoxy) is 2. The van der Waals surface area contributed by atoms with Crippen molar-refractivity contribution in [3.63, 3.8) is 0 Å². The number of likely N-dealkylation sites (N-methyl/N-ethyl adjacent to an activating group) is 1. The first-order chi connectivity index (χ1) is 30.6. The van der Waals surface area contributed by atoms with E-state index in [0.29, 0.717) is 63.5 Å². The first kappa shape index (κ1) is 46.5. The SMILES string of the molecule is C=CC(=O)N1CC[C@H](CC(=O)N(C)[C@H](C(=O)N[C@H]2Cc3nc(cs3)-c3ccc4c(c3)c(c(-c3cccnc3COC)n4CC)CC(C)(C)COC(=O)[C@@H]3CCCN(N3)C2=O)C(C)C)C1. The van der Waals surface area contributed by atoms with Gasteiger partial charge in [0.15, 0.2) is 0 Å². The zero-order valence-electron chi connectivity index (χ0n) is 38.1. The molecule has 0 unspecified atom stereocenters. The van der Waals surface area contributed by atoms with Crippen molar-refractivity contribution in [3.8, 4) is 22.5 Å². The molecule has 342 valence electrons. The van der Waals surface area contributed by atoms with Crippen LogP contribution in [-0.2, 0) is 59.4 Å². The second-order valence-corrected chi connectivity index (χ2v) is 19.4. The smallest absolute Gasteiger partial charge is 0.324 e. The summed E-state index contributed by atoms with van der Waals surface area (Å²) in [6, 6.07) is 7.65. The molecular weight excluding hydrogens is 833 g/mol. The van der Waals surface area contributed by atoms with Gasteiger partial charge in [-0.2, -0.15) is 0 Å². The molecule has 6 bridgehead atoms. The van der Waals surface area contributed by atoms with Crippen LogP contribution in [0.2, 0.25) is 0 Å². The first-order valence-corrected chi connectivity index (χ1v) is 23.3. The van der Waals surface area contributed by atoms with Crippen LogP contribution < -0.4 is 10.7 Å². The van der Waals surface area contributed by atoms with Crippen molar-refractivity contribution in [2.75, 3.05) is 40.4 Å². The third-order valence-corrected chi connectivity index (χ3v) is 13.6. The van der Waals surface area contributed by atoms with Gasteiger partial charge < -0.3 is 29.2 Å². The van der Waals surface area contributed by atoms with E-state index in [4.69, 9.17) is 19.4 Å². The molecule has 2 saturated heterocycles. The number of cyclic esters (lactones) is 1. The lowest BCUT2D eigenvalue weighted by atomic mass is 9.84. The van der Waals surface area contributed by atoms with E-state index in [2.05, 4.69) is 66.9 Å². The molecule has 1 aromatic carbocycles. The molecule has 64 heavy (non-hydrogen) atoms. The molecule has 4 atom stereocenters. The maximum Gasteiger partial charge on any atom is 0.324 e. The van der Waals surface area contributed by atoms with Gasteiger partial charge in [0.05, 0.1) is 35.3 Å². The number of amides is 4. The molecule has 0 saturated carbocycles. The van der Waals surface area contributed by atoms with Crippen LogP contribution >= 0.6 is 11.3 Å². The van der Waals surface area contributed by atoms with Crippen LogP contribution in [0.5, 0.6) is 0 Å². The van der Waals surface area contributed by atoms with E-state index in [0.717, 1.165) is 44.7 Å². The Morgan fingerprint density at radius 1 is 1.17 bits per heavy atom. The number of aromatic nitrogens is 3. The van der Waals surface area contributed by atoms with E-state index < -0.39 is 41.3 Å². The van der Waals surface area contributed by atoms with Crippen molar-refractivity contribution < 1.29 is 33.4 Å². The van der Waals surface area contributed by atoms with E-state index >= 15 is 0 Å². The summed E-state index contributed by atoms with van der Waals surface area (Å²) in [7, 11) is 3.28. The number of aryl methyl sites for hydroxylation is 1. The topological polar surface area (TPSA) is 168 Å². The molecule has 4 amide bonds. The minimum absolute atomic E-state index is 0.0381. The average Bonchev–Trinajstić information content (AvgIpc) is 4.02. The lowest BCUT2D eigenvalue weighted by molar-refractivity contribution is -0.155. The number of benzene rings is 1. The maximum atomic E-state index is 14.6. The van der Waals surface area contributed by atoms with E-state index in [9.17, 15) is 24.0 Å². The number of nitrogens with zero attached hydrogens (tertiary/aromatic N) is 6. The fraction of sp³-hybridized carbons (Fsp3) is 0.521. The molecule has 0 aliphatic carbocycles. The summed E-state index contributed by atoms with van der Waals surface area (Å²) in [5, 5.41) is 8.11. The quantitative estimate of drug-likeness (QED) is 0.144. The maximum absolute atomic E-state index is 14.6. The van der Waals surface area contributed by atoms with Crippen LogP contribution in [-0.4, -0.2) is 117 Å². The van der Waals surface area contributed by atoms with Gasteiger partial charge in [0.1, 0.15) is 18.1 Å². The third-order valence-electron chi connectivity index (χ3n) is 12.7. The number of pyridine rings is 1. The number of rotatable bonds is 11. The number of nitrogens with one attached hydrogen (secondary N) is 2. The van der Waals surface area contributed by atoms with Crippen LogP contribution in [0, 0.1) is 17.3 Å². The average molecular weight is 895 g/mol. The number of methoxy groups -OCH3 is 1. The Bertz CT molecular complexity index is 2410. The molecule has 6 heterocycles. The van der Waals surface area contributed by atoms with Gasteiger partial charge in [-0.25, -0.2) is 10.4 Å². The highest BCUT2D eigenvalue weighted by molar-refractivity contribution is 7.10. The molecule has 16 heteroatoms. The van der Waals surface area contributed by atoms with Crippen LogP contribution in [0.3, 0.4) is 0 Å². The van der Waals surface area contributed by atoms with Gasteiger partial charge in [-0.1, -0.05) is 40.3 Å². The fourth-order valence-electron chi connectivity index (χ4n) is 9.47. The standard InChI is InChI=1S/C48H62N8O7S/c1-9-41(57)54-20-17-30(25-54)21-42(58)53(7)43(29(3)4)45(59)51-36-23-40-50-38(27-64-40)31-15-16-39-33(22-31)34(44(55(39)10-2)32-13-11-18-49-37(32)26-62-8)24-48(5,6)28-63-47(61)35-14-12-19-56(52-35)46(36)60/h9,11,13,15-16,18,22,27,29-30,35-36,43,52H,1,10,12,14,17,19-21,23-26,28H2,2-8H3,(H,51,59)/t30-,35+,36+,43+/m1/s1. The Labute approximate surface area is 379 Å². The third kappa shape index (κ3) is 9.93. The Hall–Kier alpha value is -5.45. The highest BCUT2D eigenvalue weighted by Gasteiger charge is 2.39. The summed E-state index contributed by atoms with van der Waals surface area (Å²) in [5.41, 5.74) is 9.29. The summed E-state index contributed by atoms with van der Waals surface area (Å²) >= 11 is 1.41. The van der Waals surface area contributed by atoms with Gasteiger partial charge in [-0.05, 0) is 80.3 Å². The summed E-state index contributed by atoms with van der Waals surface area (Å²) in [5.74, 6) is -2.04. The second kappa shape index (κ2) is 19.7. The number of thiazole rings is 1. The number of esters is 1. The lowest BCUT2D eigenvalue weighted by Crippen LogP contribution is -2.62. The Morgan fingerprint density at radius 2 is 1.97 bits per heavy atom. The Morgan fingerprint density at radius 3 is 2.70 bits per heavy atom. The highest BCUT2D eigenvalue weighted by Crippen LogP contribution is 2.41. The van der Waals surface area contributed by atoms with Crippen LogP contribution in [0.15, 0.2) is 54.6 Å². The summed E-state index contributed by atoms with van der Waals surface area (Å²) < 4.78 is 14.0. The van der Waals surface area contributed by atoms with E-state index in [1.807, 2.05) is 25.3 Å². The Balaban J connectivity index is 1.24. The number of likely N-dealkylation sites (tertiary alicyclic amines) is 1. The zero-order valence-corrected chi connectivity index (χ0v) is 39.0. The van der Waals surface area contributed by atoms with Gasteiger partial charge in [0.25, 0.3) is 5.91 Å². The fourth-order valence-corrected chi connectivity index (χ4v) is 10.3. The number of fused-ring (bicyclic) bond motifs is 6. The zero-order chi connectivity index (χ0) is 45.9. The molecule has 2 N–H and O–H groups in total. The number of carbonyl (C=O) groups excluding carboxylic acids is 5. The van der Waals surface area contributed by atoms with Crippen molar-refractivity contribution in [3.05, 3.63) is 70.8 Å². The predicted octanol–water partition coefficient (Wildman–Crippen LogP) is 5.55. The molecule has 7 rings (SSSR count). The van der Waals surface area contributed by atoms with Crippen LogP contribution in [0.25, 0.3) is 33.4 Å². The first-order valence-electron chi connectivity index (χ1n) is 22.4. The molecule has 3 aliphatic rings. The number of hydrogen-bond acceptors (Lipinski definition) is 11. The predicted molar refractivity (Wildman–Crippen MR) is 246 cm³/mol. The van der Waals surface area contributed by atoms with Gasteiger partial charge in [0, 0.05) is 92.2 Å². The molecular formula is C48H62N8O7S. The monoisotopic (exact) mass is 894 g/mol. The summed E-state index contributed by atoms with van der Waals surface area (Å²) in [6.45, 7) is 16.1. The molecule has 3 aromatic heterocycles. The van der Waals surface area contributed by atoms with Crippen LogP contribution in [0.1, 0.15) is 76.6 Å². The molecule has 3 aliphatic heterocycles. The largest absolute Gasteiger partial charge is 0.464 e. The molecule has 4 aromatic rings. The van der Waals surface area contributed by atoms with E-state index in [1.54, 1.807) is 25.3 Å². The summed E-state index contributed by atoms with van der Waals surface area (Å²) in [6.07, 6.45) is 5.61. The normalized spacial score (nSPS) is 20.8. The van der Waals surface area contributed by atoms with Crippen LogP contribution in [0.4, 0.5) is 0 Å². The van der Waals surface area contributed by atoms with Crippen molar-refractivity contribution in [1.82, 2.24) is 40.1 Å². The van der Waals surface area contributed by atoms with Crippen molar-refractivity contribution in [2.24, 2.45) is 17.3 Å². The highest BCUT2D eigenvalue weighted by atomic mass is 32.1. The molecule has 0 radical (unpaired) electrons. The van der Waals surface area contributed by atoms with Crippen molar-refractivity contribution >= 4 is 51.8 Å². The van der Waals surface area contributed by atoms with E-state index in [1.165, 1.54) is 27.3 Å². The molecule has 15 nitrogen and oxygen atoms in total. The van der Waals surface area contributed by atoms with Crippen molar-refractivity contribution in [2.45, 2.75) is 104 Å². The van der Waals surface area contributed by atoms with Gasteiger partial charge in [0.2, 0.25) is 17.7 Å². The van der Waals surface area contributed by atoms with Gasteiger partial charge in [-0.3, -0.25) is 34.0 Å². The Kier molecular flexibility index (Phi) is 14.4. The van der Waals surface area contributed by atoms with Crippen molar-refractivity contribution in [1.29, 1.82) is 0 Å². The molecule has 2 fully saturated rings. The molecule has 0 spiro atoms. The lowest BCUT2D eigenvalue weighted by Gasteiger charge is -2.36. The second-order valence-electron chi connectivity index (χ2n) is 18.4. The number of hydrogen-bond donors (Lipinski definition) is 2. The van der Waals surface area contributed by atoms with Gasteiger partial charge in [-0.15, -0.1) is 11.3 Å².